The summed E-state index contributed by atoms with van der Waals surface area (Å²) in [5, 5.41) is 3.14. The van der Waals surface area contributed by atoms with Crippen molar-refractivity contribution >= 4 is 12.0 Å². The molecule has 2 amide bonds. The Morgan fingerprint density at radius 2 is 1.79 bits per heavy atom. The third-order valence-corrected chi connectivity index (χ3v) is 4.40. The van der Waals surface area contributed by atoms with Crippen molar-refractivity contribution in [2.75, 3.05) is 13.1 Å². The molecular weight excluding hydrogens is 304 g/mol. The average molecular weight is 341 g/mol. The fraction of sp³-hybridized carbons (Fsp3) is 0.895. The lowest BCUT2D eigenvalue weighted by Gasteiger charge is -2.33. The lowest BCUT2D eigenvalue weighted by Crippen LogP contribution is -2.46. The van der Waals surface area contributed by atoms with Gasteiger partial charge in [0.05, 0.1) is 0 Å². The van der Waals surface area contributed by atoms with Crippen LogP contribution in [0.25, 0.3) is 0 Å². The largest absolute Gasteiger partial charge is 0.444 e. The summed E-state index contributed by atoms with van der Waals surface area (Å²) in [6.45, 7) is 11.1. The summed E-state index contributed by atoms with van der Waals surface area (Å²) in [5.74, 6) is 0.156. The zero-order chi connectivity index (χ0) is 18.2. The first-order chi connectivity index (χ1) is 11.2. The first-order valence-corrected chi connectivity index (χ1v) is 9.51. The Bertz CT molecular complexity index is 396. The normalized spacial score (nSPS) is 17.5. The van der Waals surface area contributed by atoms with Gasteiger partial charge >= 0.3 is 6.09 Å². The molecule has 5 heteroatoms. The molecule has 0 aliphatic carbocycles. The van der Waals surface area contributed by atoms with Crippen LogP contribution < -0.4 is 5.32 Å². The molecule has 1 atom stereocenters. The Kier molecular flexibility index (Phi) is 8.57. The van der Waals surface area contributed by atoms with E-state index in [9.17, 15) is 9.59 Å². The number of hydrogen-bond acceptors (Lipinski definition) is 3. The third-order valence-electron chi connectivity index (χ3n) is 4.40. The highest BCUT2D eigenvalue weighted by atomic mass is 16.6. The molecule has 0 bridgehead atoms. The SMILES string of the molecule is CCCCCC[C@@H](C)NC(=O)C1CCN(C(=O)OC(C)(C)C)CC1. The second kappa shape index (κ2) is 9.90. The van der Waals surface area contributed by atoms with E-state index in [1.807, 2.05) is 20.8 Å². The zero-order valence-electron chi connectivity index (χ0n) is 16.2. The van der Waals surface area contributed by atoms with Crippen molar-refractivity contribution in [1.82, 2.24) is 10.2 Å². The number of likely N-dealkylation sites (tertiary alicyclic amines) is 1. The molecule has 1 fully saturated rings. The molecule has 1 aliphatic rings. The molecular formula is C19H36N2O3. The quantitative estimate of drug-likeness (QED) is 0.710. The number of amides is 2. The van der Waals surface area contributed by atoms with Gasteiger partial charge in [-0.1, -0.05) is 32.6 Å². The van der Waals surface area contributed by atoms with Crippen LogP contribution in [0.15, 0.2) is 0 Å². The molecule has 1 N–H and O–H groups in total. The van der Waals surface area contributed by atoms with Crippen molar-refractivity contribution in [3.05, 3.63) is 0 Å². The standard InChI is InChI=1S/C19H36N2O3/c1-6-7-8-9-10-15(2)20-17(22)16-11-13-21(14-12-16)18(23)24-19(3,4)5/h15-16H,6-14H2,1-5H3,(H,20,22)/t15-/m1/s1. The minimum atomic E-state index is -0.474. The smallest absolute Gasteiger partial charge is 0.410 e. The first-order valence-electron chi connectivity index (χ1n) is 9.51. The van der Waals surface area contributed by atoms with Crippen LogP contribution in [0, 0.1) is 5.92 Å². The van der Waals surface area contributed by atoms with Crippen molar-refractivity contribution in [3.8, 4) is 0 Å². The number of ether oxygens (including phenoxy) is 1. The van der Waals surface area contributed by atoms with Crippen molar-refractivity contribution in [2.24, 2.45) is 5.92 Å². The molecule has 0 saturated carbocycles. The van der Waals surface area contributed by atoms with Crippen molar-refractivity contribution in [3.63, 3.8) is 0 Å². The maximum atomic E-state index is 12.4. The summed E-state index contributed by atoms with van der Waals surface area (Å²) in [6.07, 6.45) is 7.12. The number of carbonyl (C=O) groups is 2. The monoisotopic (exact) mass is 340 g/mol. The molecule has 1 aliphatic heterocycles. The fourth-order valence-electron chi connectivity index (χ4n) is 2.96. The van der Waals surface area contributed by atoms with Crippen LogP contribution in [0.2, 0.25) is 0 Å². The number of nitrogens with one attached hydrogen (secondary N) is 1. The van der Waals surface area contributed by atoms with Gasteiger partial charge in [-0.2, -0.15) is 0 Å². The summed E-state index contributed by atoms with van der Waals surface area (Å²) >= 11 is 0. The topological polar surface area (TPSA) is 58.6 Å². The number of nitrogens with zero attached hydrogens (tertiary/aromatic N) is 1. The van der Waals surface area contributed by atoms with Crippen LogP contribution in [-0.4, -0.2) is 41.6 Å². The Hall–Kier alpha value is -1.26. The highest BCUT2D eigenvalue weighted by Crippen LogP contribution is 2.20. The van der Waals surface area contributed by atoms with E-state index in [0.29, 0.717) is 25.9 Å². The molecule has 24 heavy (non-hydrogen) atoms. The van der Waals surface area contributed by atoms with Crippen LogP contribution in [0.1, 0.15) is 79.6 Å². The number of carbonyl (C=O) groups excluding carboxylic acids is 2. The van der Waals surface area contributed by atoms with Gasteiger partial charge in [-0.3, -0.25) is 4.79 Å². The maximum Gasteiger partial charge on any atom is 0.410 e. The van der Waals surface area contributed by atoms with Gasteiger partial charge in [0.2, 0.25) is 5.91 Å². The van der Waals surface area contributed by atoms with Gasteiger partial charge in [-0.05, 0) is 47.0 Å². The molecule has 1 rings (SSSR count). The predicted molar refractivity (Wildman–Crippen MR) is 96.9 cm³/mol. The van der Waals surface area contributed by atoms with E-state index in [1.165, 1.54) is 25.7 Å². The van der Waals surface area contributed by atoms with Gasteiger partial charge in [0, 0.05) is 25.0 Å². The van der Waals surface area contributed by atoms with E-state index in [0.717, 1.165) is 6.42 Å². The van der Waals surface area contributed by atoms with Gasteiger partial charge in [0.15, 0.2) is 0 Å². The highest BCUT2D eigenvalue weighted by Gasteiger charge is 2.30. The molecule has 0 spiro atoms. The molecule has 1 saturated heterocycles. The Morgan fingerprint density at radius 1 is 1.17 bits per heavy atom. The Balaban J connectivity index is 2.28. The van der Waals surface area contributed by atoms with E-state index in [2.05, 4.69) is 19.2 Å². The fourth-order valence-corrected chi connectivity index (χ4v) is 2.96. The van der Waals surface area contributed by atoms with E-state index in [-0.39, 0.29) is 24.0 Å². The van der Waals surface area contributed by atoms with Crippen molar-refractivity contribution < 1.29 is 14.3 Å². The second-order valence-corrected chi connectivity index (χ2v) is 8.00. The average Bonchev–Trinajstić information content (AvgIpc) is 2.50. The molecule has 140 valence electrons. The second-order valence-electron chi connectivity index (χ2n) is 8.00. The van der Waals surface area contributed by atoms with E-state index in [1.54, 1.807) is 4.90 Å². The van der Waals surface area contributed by atoms with Crippen LogP contribution in [0.3, 0.4) is 0 Å². The van der Waals surface area contributed by atoms with Crippen LogP contribution in [0.4, 0.5) is 4.79 Å². The van der Waals surface area contributed by atoms with Gasteiger partial charge < -0.3 is 15.0 Å². The molecule has 0 aromatic carbocycles. The number of rotatable bonds is 7. The summed E-state index contributed by atoms with van der Waals surface area (Å²) in [5.41, 5.74) is -0.474. The maximum absolute atomic E-state index is 12.4. The van der Waals surface area contributed by atoms with Gasteiger partial charge in [0.1, 0.15) is 5.60 Å². The van der Waals surface area contributed by atoms with Gasteiger partial charge in [-0.25, -0.2) is 4.79 Å². The van der Waals surface area contributed by atoms with Crippen LogP contribution in [-0.2, 0) is 9.53 Å². The third kappa shape index (κ3) is 8.02. The predicted octanol–water partition coefficient (Wildman–Crippen LogP) is 4.11. The van der Waals surface area contributed by atoms with Crippen molar-refractivity contribution in [1.29, 1.82) is 0 Å². The van der Waals surface area contributed by atoms with E-state index >= 15 is 0 Å². The summed E-state index contributed by atoms with van der Waals surface area (Å²) in [7, 11) is 0. The lowest BCUT2D eigenvalue weighted by atomic mass is 9.95. The van der Waals surface area contributed by atoms with Crippen molar-refractivity contribution in [2.45, 2.75) is 91.2 Å². The lowest BCUT2D eigenvalue weighted by molar-refractivity contribution is -0.127. The van der Waals surface area contributed by atoms with Crippen LogP contribution >= 0.6 is 0 Å². The highest BCUT2D eigenvalue weighted by molar-refractivity contribution is 5.79. The minimum absolute atomic E-state index is 0.0155. The first kappa shape index (κ1) is 20.8. The molecule has 5 nitrogen and oxygen atoms in total. The Morgan fingerprint density at radius 3 is 2.33 bits per heavy atom. The van der Waals surface area contributed by atoms with Crippen LogP contribution in [0.5, 0.6) is 0 Å². The Labute approximate surface area is 147 Å². The molecule has 0 unspecified atom stereocenters. The molecule has 0 aromatic heterocycles. The number of piperidine rings is 1. The van der Waals surface area contributed by atoms with Gasteiger partial charge in [-0.15, -0.1) is 0 Å². The summed E-state index contributed by atoms with van der Waals surface area (Å²) in [4.78, 5) is 26.1. The summed E-state index contributed by atoms with van der Waals surface area (Å²) in [6, 6.07) is 0.234. The number of unbranched alkanes of at least 4 members (excludes halogenated alkanes) is 3. The molecule has 0 radical (unpaired) electrons. The van der Waals surface area contributed by atoms with E-state index < -0.39 is 5.60 Å². The van der Waals surface area contributed by atoms with Gasteiger partial charge in [0.25, 0.3) is 0 Å². The minimum Gasteiger partial charge on any atom is -0.444 e. The summed E-state index contributed by atoms with van der Waals surface area (Å²) < 4.78 is 5.39. The molecule has 1 heterocycles. The molecule has 0 aromatic rings. The number of hydrogen-bond donors (Lipinski definition) is 1. The zero-order valence-corrected chi connectivity index (χ0v) is 16.2. The van der Waals surface area contributed by atoms with E-state index in [4.69, 9.17) is 4.74 Å².